The van der Waals surface area contributed by atoms with Crippen LogP contribution >= 0.6 is 11.3 Å². The molecule has 0 radical (unpaired) electrons. The zero-order valence-electron chi connectivity index (χ0n) is 12.5. The molecule has 1 aromatic carbocycles. The van der Waals surface area contributed by atoms with E-state index in [4.69, 9.17) is 0 Å². The van der Waals surface area contributed by atoms with E-state index in [2.05, 4.69) is 10.5 Å². The molecule has 0 atom stereocenters. The maximum atomic E-state index is 12.1. The molecule has 1 aromatic heterocycles. The molecule has 0 unspecified atom stereocenters. The first-order valence-electron chi connectivity index (χ1n) is 7.25. The molecular weight excluding hydrogens is 314 g/mol. The third-order valence-electron chi connectivity index (χ3n) is 3.77. The van der Waals surface area contributed by atoms with Crippen molar-refractivity contribution in [3.05, 3.63) is 61.3 Å². The number of non-ortho nitro benzene ring substituents is 1. The summed E-state index contributed by atoms with van der Waals surface area (Å²) in [7, 11) is 0. The second kappa shape index (κ2) is 6.29. The molecule has 1 heterocycles. The SMILES string of the molecule is C/C(=N/NC(=O)c1cc2c(s1)CCC2)c1cccc([N+](=O)[O-])c1. The topological polar surface area (TPSA) is 84.6 Å². The normalized spacial score (nSPS) is 13.7. The number of nitro benzene ring substituents is 1. The number of fused-ring (bicyclic) bond motifs is 1. The van der Waals surface area contributed by atoms with Gasteiger partial charge in [-0.05, 0) is 37.8 Å². The summed E-state index contributed by atoms with van der Waals surface area (Å²) in [5.41, 5.74) is 4.91. The minimum atomic E-state index is -0.456. The first kappa shape index (κ1) is 15.4. The van der Waals surface area contributed by atoms with Crippen molar-refractivity contribution in [2.75, 3.05) is 0 Å². The molecule has 3 rings (SSSR count). The monoisotopic (exact) mass is 329 g/mol. The van der Waals surface area contributed by atoms with Crippen molar-refractivity contribution in [1.82, 2.24) is 5.43 Å². The van der Waals surface area contributed by atoms with Crippen LogP contribution in [0, 0.1) is 10.1 Å². The number of carbonyl (C=O) groups is 1. The average molecular weight is 329 g/mol. The van der Waals surface area contributed by atoms with E-state index in [1.165, 1.54) is 33.9 Å². The van der Waals surface area contributed by atoms with E-state index >= 15 is 0 Å². The van der Waals surface area contributed by atoms with Gasteiger partial charge in [-0.3, -0.25) is 14.9 Å². The van der Waals surface area contributed by atoms with E-state index in [0.29, 0.717) is 16.2 Å². The molecule has 7 heteroatoms. The Labute approximate surface area is 137 Å². The minimum absolute atomic E-state index is 0.00180. The number of carbonyl (C=O) groups excluding carboxylic acids is 1. The number of nitro groups is 1. The molecule has 0 aliphatic heterocycles. The van der Waals surface area contributed by atoms with Crippen molar-refractivity contribution in [2.24, 2.45) is 5.10 Å². The summed E-state index contributed by atoms with van der Waals surface area (Å²) >= 11 is 1.51. The van der Waals surface area contributed by atoms with Crippen molar-refractivity contribution in [2.45, 2.75) is 26.2 Å². The molecule has 1 aliphatic carbocycles. The minimum Gasteiger partial charge on any atom is -0.266 e. The summed E-state index contributed by atoms with van der Waals surface area (Å²) in [5.74, 6) is -0.241. The Hall–Kier alpha value is -2.54. The highest BCUT2D eigenvalue weighted by atomic mass is 32.1. The third kappa shape index (κ3) is 3.29. The van der Waals surface area contributed by atoms with Crippen LogP contribution in [0.15, 0.2) is 35.4 Å². The van der Waals surface area contributed by atoms with Crippen LogP contribution in [0.25, 0.3) is 0 Å². The molecule has 23 heavy (non-hydrogen) atoms. The van der Waals surface area contributed by atoms with Crippen molar-refractivity contribution in [1.29, 1.82) is 0 Å². The molecule has 0 fully saturated rings. The number of hydrogen-bond acceptors (Lipinski definition) is 5. The van der Waals surface area contributed by atoms with Crippen LogP contribution in [0.5, 0.6) is 0 Å². The molecule has 1 amide bonds. The van der Waals surface area contributed by atoms with Crippen molar-refractivity contribution < 1.29 is 9.72 Å². The van der Waals surface area contributed by atoms with Gasteiger partial charge in [-0.25, -0.2) is 5.43 Å². The largest absolute Gasteiger partial charge is 0.281 e. The van der Waals surface area contributed by atoms with Crippen LogP contribution in [-0.2, 0) is 12.8 Å². The smallest absolute Gasteiger partial charge is 0.266 e. The van der Waals surface area contributed by atoms with Crippen molar-refractivity contribution in [3.63, 3.8) is 0 Å². The summed E-state index contributed by atoms with van der Waals surface area (Å²) < 4.78 is 0. The number of nitrogens with one attached hydrogen (secondary N) is 1. The van der Waals surface area contributed by atoms with E-state index in [0.717, 1.165) is 19.3 Å². The van der Waals surface area contributed by atoms with Gasteiger partial charge in [0.05, 0.1) is 15.5 Å². The molecule has 0 bridgehead atoms. The lowest BCUT2D eigenvalue weighted by atomic mass is 10.1. The fraction of sp³-hybridized carbons (Fsp3) is 0.250. The van der Waals surface area contributed by atoms with Gasteiger partial charge in [-0.2, -0.15) is 5.10 Å². The number of benzene rings is 1. The van der Waals surface area contributed by atoms with Crippen LogP contribution in [0.2, 0.25) is 0 Å². The van der Waals surface area contributed by atoms with Crippen LogP contribution in [0.1, 0.15) is 39.0 Å². The lowest BCUT2D eigenvalue weighted by Crippen LogP contribution is -2.18. The predicted octanol–water partition coefficient (Wildman–Crippen LogP) is 3.30. The number of aryl methyl sites for hydroxylation is 2. The summed E-state index contributed by atoms with van der Waals surface area (Å²) in [6, 6.07) is 8.10. The van der Waals surface area contributed by atoms with E-state index in [-0.39, 0.29) is 11.6 Å². The van der Waals surface area contributed by atoms with E-state index < -0.39 is 4.92 Å². The van der Waals surface area contributed by atoms with Gasteiger partial charge in [0, 0.05) is 22.6 Å². The number of hydrazone groups is 1. The first-order valence-corrected chi connectivity index (χ1v) is 8.07. The van der Waals surface area contributed by atoms with Gasteiger partial charge >= 0.3 is 0 Å². The predicted molar refractivity (Wildman–Crippen MR) is 89.1 cm³/mol. The molecule has 0 spiro atoms. The Morgan fingerprint density at radius 2 is 2.17 bits per heavy atom. The van der Waals surface area contributed by atoms with Gasteiger partial charge in [-0.1, -0.05) is 12.1 Å². The Balaban J connectivity index is 1.72. The number of rotatable bonds is 4. The summed E-state index contributed by atoms with van der Waals surface area (Å²) in [6.45, 7) is 1.70. The summed E-state index contributed by atoms with van der Waals surface area (Å²) in [4.78, 5) is 24.4. The third-order valence-corrected chi connectivity index (χ3v) is 5.01. The van der Waals surface area contributed by atoms with Crippen LogP contribution in [0.3, 0.4) is 0 Å². The van der Waals surface area contributed by atoms with Gasteiger partial charge < -0.3 is 0 Å². The highest BCUT2D eigenvalue weighted by molar-refractivity contribution is 7.14. The van der Waals surface area contributed by atoms with Crippen molar-refractivity contribution >= 4 is 28.6 Å². The summed E-state index contributed by atoms with van der Waals surface area (Å²) in [6.07, 6.45) is 3.24. The number of nitrogens with zero attached hydrogens (tertiary/aromatic N) is 2. The van der Waals surface area contributed by atoms with Crippen LogP contribution < -0.4 is 5.43 Å². The standard InChI is InChI=1S/C16H15N3O3S/c1-10(11-4-2-6-13(8-11)19(21)22)17-18-16(20)15-9-12-5-3-7-14(12)23-15/h2,4,6,8-9H,3,5,7H2,1H3,(H,18,20)/b17-10-. The second-order valence-electron chi connectivity index (χ2n) is 5.36. The van der Waals surface area contributed by atoms with Gasteiger partial charge in [0.15, 0.2) is 0 Å². The zero-order chi connectivity index (χ0) is 16.4. The molecule has 1 aliphatic rings. The quantitative estimate of drug-likeness (QED) is 0.530. The Morgan fingerprint density at radius 3 is 2.91 bits per heavy atom. The average Bonchev–Trinajstić information content (AvgIpc) is 3.14. The lowest BCUT2D eigenvalue weighted by Gasteiger charge is -2.02. The molecule has 1 N–H and O–H groups in total. The zero-order valence-corrected chi connectivity index (χ0v) is 13.4. The van der Waals surface area contributed by atoms with Gasteiger partial charge in [0.1, 0.15) is 0 Å². The lowest BCUT2D eigenvalue weighted by molar-refractivity contribution is -0.384. The molecule has 0 saturated carbocycles. The number of thiophene rings is 1. The Kier molecular flexibility index (Phi) is 4.20. The number of amides is 1. The van der Waals surface area contributed by atoms with Crippen LogP contribution in [0.4, 0.5) is 5.69 Å². The maximum Gasteiger partial charge on any atom is 0.281 e. The van der Waals surface area contributed by atoms with E-state index in [1.54, 1.807) is 19.1 Å². The van der Waals surface area contributed by atoms with Gasteiger partial charge in [0.2, 0.25) is 0 Å². The van der Waals surface area contributed by atoms with Crippen molar-refractivity contribution in [3.8, 4) is 0 Å². The number of hydrogen-bond donors (Lipinski definition) is 1. The van der Waals surface area contributed by atoms with E-state index in [9.17, 15) is 14.9 Å². The molecular formula is C16H15N3O3S. The highest BCUT2D eigenvalue weighted by Gasteiger charge is 2.18. The van der Waals surface area contributed by atoms with Gasteiger partial charge in [-0.15, -0.1) is 11.3 Å². The molecule has 2 aromatic rings. The summed E-state index contributed by atoms with van der Waals surface area (Å²) in [5, 5.41) is 14.8. The molecule has 6 nitrogen and oxygen atoms in total. The first-order chi connectivity index (χ1) is 11.0. The molecule has 0 saturated heterocycles. The van der Waals surface area contributed by atoms with E-state index in [1.807, 2.05) is 6.07 Å². The highest BCUT2D eigenvalue weighted by Crippen LogP contribution is 2.30. The van der Waals surface area contributed by atoms with Gasteiger partial charge in [0.25, 0.3) is 11.6 Å². The fourth-order valence-corrected chi connectivity index (χ4v) is 3.68. The second-order valence-corrected chi connectivity index (χ2v) is 6.49. The van der Waals surface area contributed by atoms with Crippen LogP contribution in [-0.4, -0.2) is 16.5 Å². The molecule has 118 valence electrons. The Morgan fingerprint density at radius 1 is 1.35 bits per heavy atom. The maximum absolute atomic E-state index is 12.1. The fourth-order valence-electron chi connectivity index (χ4n) is 2.54. The Bertz CT molecular complexity index is 789.